The van der Waals surface area contributed by atoms with Crippen LogP contribution in [0.3, 0.4) is 0 Å². The molecule has 0 fully saturated rings. The Bertz CT molecular complexity index is 249. The fourth-order valence-electron chi connectivity index (χ4n) is 0.513. The molecule has 0 bridgehead atoms. The van der Waals surface area contributed by atoms with Gasteiger partial charge in [-0.3, -0.25) is 9.13 Å². The molecule has 0 spiro atoms. The number of nitrogens with two attached hydrogens (primary N) is 1. The van der Waals surface area contributed by atoms with Crippen LogP contribution in [0.5, 0.6) is 0 Å². The lowest BCUT2D eigenvalue weighted by molar-refractivity contribution is 0.367. The van der Waals surface area contributed by atoms with Gasteiger partial charge in [0.15, 0.2) is 0 Å². The van der Waals surface area contributed by atoms with Crippen molar-refractivity contribution in [3.63, 3.8) is 0 Å². The normalized spacial score (nSPS) is 12.8. The Balaban J connectivity index is 5.11. The number of hydrogen-bond donors (Lipinski definition) is 5. The van der Waals surface area contributed by atoms with E-state index in [0.717, 1.165) is 0 Å². The van der Waals surface area contributed by atoms with Crippen molar-refractivity contribution in [2.45, 2.75) is 0 Å². The molecule has 0 radical (unpaired) electrons. The average molecular weight is 217 g/mol. The van der Waals surface area contributed by atoms with Gasteiger partial charge in [0.05, 0.1) is 0 Å². The predicted octanol–water partition coefficient (Wildman–Crippen LogP) is -0.858. The zero-order chi connectivity index (χ0) is 9.99. The number of rotatable bonds is 3. The average Bonchev–Trinajstić information content (AvgIpc) is 1.77. The van der Waals surface area contributed by atoms with E-state index in [1.807, 2.05) is 0 Å². The van der Waals surface area contributed by atoms with E-state index in [1.165, 1.54) is 0 Å². The topological polar surface area (TPSA) is 141 Å². The van der Waals surface area contributed by atoms with E-state index in [-0.39, 0.29) is 6.54 Å². The third-order valence-electron chi connectivity index (χ3n) is 0.897. The molecule has 0 aromatic rings. The van der Waals surface area contributed by atoms with Gasteiger partial charge in [0.2, 0.25) is 0 Å². The van der Waals surface area contributed by atoms with Crippen LogP contribution in [0.2, 0.25) is 0 Å². The first-order chi connectivity index (χ1) is 5.19. The van der Waals surface area contributed by atoms with Crippen molar-refractivity contribution < 1.29 is 28.7 Å². The zero-order valence-corrected chi connectivity index (χ0v) is 7.65. The zero-order valence-electron chi connectivity index (χ0n) is 5.86. The highest BCUT2D eigenvalue weighted by atomic mass is 31.2. The maximum atomic E-state index is 10.4. The molecule has 0 aliphatic heterocycles. The molecule has 0 heterocycles. The molecule has 0 unspecified atom stereocenters. The summed E-state index contributed by atoms with van der Waals surface area (Å²) in [5, 5.41) is -1.22. The highest BCUT2D eigenvalue weighted by molar-refractivity contribution is 7.77. The SMILES string of the molecule is NCC=C(P(=O)(O)O)P(=O)(O)O. The summed E-state index contributed by atoms with van der Waals surface area (Å²) in [6, 6.07) is 0. The van der Waals surface area contributed by atoms with Gasteiger partial charge in [-0.1, -0.05) is 0 Å². The minimum absolute atomic E-state index is 0.342. The summed E-state index contributed by atoms with van der Waals surface area (Å²) in [5.41, 5.74) is 4.86. The summed E-state index contributed by atoms with van der Waals surface area (Å²) in [6.45, 7) is -0.342. The lowest BCUT2D eigenvalue weighted by atomic mass is 10.7. The summed E-state index contributed by atoms with van der Waals surface area (Å²) in [4.78, 5) is 33.8. The van der Waals surface area contributed by atoms with Crippen molar-refractivity contribution in [1.29, 1.82) is 0 Å². The smallest absolute Gasteiger partial charge is 0.327 e. The molecular formula is C3H9NO6P2. The molecule has 0 aliphatic carbocycles. The van der Waals surface area contributed by atoms with Gasteiger partial charge in [-0.05, 0) is 6.08 Å². The van der Waals surface area contributed by atoms with Gasteiger partial charge in [0.25, 0.3) is 0 Å². The first-order valence-corrected chi connectivity index (χ1v) is 5.94. The largest absolute Gasteiger partial charge is 0.364 e. The predicted molar refractivity (Wildman–Crippen MR) is 41.2 cm³/mol. The van der Waals surface area contributed by atoms with Crippen LogP contribution >= 0.6 is 15.2 Å². The standard InChI is InChI=1S/C3H9NO6P2/c4-2-1-3(11(5,6)7)12(8,9)10/h1H,2,4H2,(H2,5,6,7)(H2,8,9,10). The maximum Gasteiger partial charge on any atom is 0.364 e. The highest BCUT2D eigenvalue weighted by Gasteiger charge is 2.35. The Labute approximate surface area is 68.2 Å². The summed E-state index contributed by atoms with van der Waals surface area (Å²) in [5.74, 6) is 0. The van der Waals surface area contributed by atoms with Gasteiger partial charge in [-0.2, -0.15) is 0 Å². The van der Waals surface area contributed by atoms with Crippen molar-refractivity contribution in [2.24, 2.45) is 5.73 Å². The minimum atomic E-state index is -4.90. The van der Waals surface area contributed by atoms with E-state index < -0.39 is 20.2 Å². The quantitative estimate of drug-likeness (QED) is 0.387. The van der Waals surface area contributed by atoms with E-state index >= 15 is 0 Å². The van der Waals surface area contributed by atoms with E-state index in [4.69, 9.17) is 25.3 Å². The molecule has 9 heteroatoms. The van der Waals surface area contributed by atoms with Gasteiger partial charge < -0.3 is 25.3 Å². The van der Waals surface area contributed by atoms with Crippen molar-refractivity contribution in [3.05, 3.63) is 11.1 Å². The molecule has 12 heavy (non-hydrogen) atoms. The van der Waals surface area contributed by atoms with Gasteiger partial charge >= 0.3 is 15.2 Å². The van der Waals surface area contributed by atoms with Gasteiger partial charge in [-0.25, -0.2) is 0 Å². The lowest BCUT2D eigenvalue weighted by Crippen LogP contribution is -1.97. The van der Waals surface area contributed by atoms with Crippen LogP contribution < -0.4 is 5.73 Å². The summed E-state index contributed by atoms with van der Waals surface area (Å²) < 4.78 is 20.9. The molecule has 0 saturated carbocycles. The van der Waals surface area contributed by atoms with Gasteiger partial charge in [0, 0.05) is 6.54 Å². The maximum absolute atomic E-state index is 10.4. The summed E-state index contributed by atoms with van der Waals surface area (Å²) in [6.07, 6.45) is 0.627. The molecule has 0 aromatic heterocycles. The van der Waals surface area contributed by atoms with Crippen molar-refractivity contribution >= 4 is 15.2 Å². The molecule has 0 aliphatic rings. The molecule has 0 aromatic carbocycles. The lowest BCUT2D eigenvalue weighted by Gasteiger charge is -2.09. The van der Waals surface area contributed by atoms with Crippen molar-refractivity contribution in [2.75, 3.05) is 6.54 Å². The molecule has 6 N–H and O–H groups in total. The van der Waals surface area contributed by atoms with Crippen LogP contribution in [-0.4, -0.2) is 26.1 Å². The summed E-state index contributed by atoms with van der Waals surface area (Å²) in [7, 11) is -9.79. The van der Waals surface area contributed by atoms with Crippen molar-refractivity contribution in [3.8, 4) is 0 Å². The Morgan fingerprint density at radius 2 is 1.50 bits per heavy atom. The van der Waals surface area contributed by atoms with Crippen LogP contribution in [0.1, 0.15) is 0 Å². The third-order valence-corrected chi connectivity index (χ3v) is 4.02. The fourth-order valence-corrected chi connectivity index (χ4v) is 2.56. The molecule has 0 atom stereocenters. The number of hydrogen-bond acceptors (Lipinski definition) is 3. The molecule has 0 saturated heterocycles. The first kappa shape index (κ1) is 12.0. The van der Waals surface area contributed by atoms with Crippen LogP contribution in [-0.2, 0) is 9.13 Å². The van der Waals surface area contributed by atoms with Crippen molar-refractivity contribution in [1.82, 2.24) is 0 Å². The second-order valence-electron chi connectivity index (χ2n) is 1.89. The molecule has 7 nitrogen and oxygen atoms in total. The van der Waals surface area contributed by atoms with E-state index in [0.29, 0.717) is 6.08 Å². The van der Waals surface area contributed by atoms with Crippen LogP contribution in [0.15, 0.2) is 11.1 Å². The Morgan fingerprint density at radius 1 is 1.17 bits per heavy atom. The molecular weight excluding hydrogens is 208 g/mol. The molecule has 0 rings (SSSR count). The van der Waals surface area contributed by atoms with Crippen LogP contribution in [0, 0.1) is 0 Å². The fraction of sp³-hybridized carbons (Fsp3) is 0.333. The van der Waals surface area contributed by atoms with Crippen LogP contribution in [0.25, 0.3) is 0 Å². The first-order valence-electron chi connectivity index (χ1n) is 2.72. The third kappa shape index (κ3) is 3.60. The summed E-state index contributed by atoms with van der Waals surface area (Å²) >= 11 is 0. The minimum Gasteiger partial charge on any atom is -0.327 e. The van der Waals surface area contributed by atoms with Crippen LogP contribution in [0.4, 0.5) is 0 Å². The second-order valence-corrected chi connectivity index (χ2v) is 5.38. The van der Waals surface area contributed by atoms with E-state index in [2.05, 4.69) is 0 Å². The monoisotopic (exact) mass is 217 g/mol. The second kappa shape index (κ2) is 3.81. The Morgan fingerprint density at radius 3 is 1.58 bits per heavy atom. The van der Waals surface area contributed by atoms with E-state index in [1.54, 1.807) is 0 Å². The molecule has 0 amide bonds. The highest BCUT2D eigenvalue weighted by Crippen LogP contribution is 2.63. The van der Waals surface area contributed by atoms with Gasteiger partial charge in [-0.15, -0.1) is 0 Å². The molecule has 72 valence electrons. The van der Waals surface area contributed by atoms with Gasteiger partial charge in [0.1, 0.15) is 5.06 Å². The Hall–Kier alpha value is -0.0000000000000000971. The Kier molecular flexibility index (Phi) is 3.81. The van der Waals surface area contributed by atoms with E-state index in [9.17, 15) is 9.13 Å².